The van der Waals surface area contributed by atoms with Crippen LogP contribution in [-0.4, -0.2) is 69.8 Å². The van der Waals surface area contributed by atoms with Gasteiger partial charge in [0.15, 0.2) is 15.8 Å². The van der Waals surface area contributed by atoms with E-state index < -0.39 is 9.84 Å². The minimum absolute atomic E-state index is 0.0741. The number of rotatable bonds is 4. The topological polar surface area (TPSA) is 95.9 Å². The Kier molecular flexibility index (Phi) is 5.98. The third kappa shape index (κ3) is 5.07. The lowest BCUT2D eigenvalue weighted by atomic mass is 10.2. The fourth-order valence-electron chi connectivity index (χ4n) is 3.22. The molecule has 2 aliphatic heterocycles. The van der Waals surface area contributed by atoms with Crippen LogP contribution in [0.2, 0.25) is 0 Å². The van der Waals surface area contributed by atoms with Gasteiger partial charge >= 0.3 is 0 Å². The number of hydrogen-bond acceptors (Lipinski definition) is 6. The first kappa shape index (κ1) is 18.9. The highest BCUT2D eigenvalue weighted by molar-refractivity contribution is 7.91. The lowest BCUT2D eigenvalue weighted by molar-refractivity contribution is 0.0529. The van der Waals surface area contributed by atoms with Gasteiger partial charge in [-0.15, -0.1) is 0 Å². The van der Waals surface area contributed by atoms with E-state index in [4.69, 9.17) is 4.74 Å². The molecule has 1 aromatic rings. The molecule has 3 heterocycles. The SMILES string of the molecule is CN=C(NCc1ccc(N2CCOC(C)C2)nc1)NC1CCS(=O)(=O)C1. The van der Waals surface area contributed by atoms with Crippen molar-refractivity contribution in [1.82, 2.24) is 15.6 Å². The Balaban J connectivity index is 1.50. The summed E-state index contributed by atoms with van der Waals surface area (Å²) in [6, 6.07) is 3.99. The Morgan fingerprint density at radius 3 is 2.92 bits per heavy atom. The molecule has 2 fully saturated rings. The fraction of sp³-hybridized carbons (Fsp3) is 0.647. The third-order valence-electron chi connectivity index (χ3n) is 4.63. The molecule has 2 unspecified atom stereocenters. The van der Waals surface area contributed by atoms with E-state index in [2.05, 4.69) is 32.4 Å². The number of morpholine rings is 1. The highest BCUT2D eigenvalue weighted by Gasteiger charge is 2.28. The molecule has 8 nitrogen and oxygen atoms in total. The second-order valence-corrected chi connectivity index (χ2v) is 9.05. The van der Waals surface area contributed by atoms with Crippen molar-refractivity contribution < 1.29 is 13.2 Å². The normalized spacial score (nSPS) is 25.9. The number of hydrogen-bond donors (Lipinski definition) is 2. The number of aliphatic imine (C=N–C) groups is 1. The number of aromatic nitrogens is 1. The molecular weight excluding hydrogens is 354 g/mol. The monoisotopic (exact) mass is 381 g/mol. The molecule has 0 amide bonds. The van der Waals surface area contributed by atoms with Crippen LogP contribution in [0.4, 0.5) is 5.82 Å². The Labute approximate surface area is 155 Å². The van der Waals surface area contributed by atoms with E-state index in [1.165, 1.54) is 0 Å². The minimum Gasteiger partial charge on any atom is -0.375 e. The zero-order valence-corrected chi connectivity index (χ0v) is 16.1. The van der Waals surface area contributed by atoms with Crippen LogP contribution in [0.3, 0.4) is 0 Å². The number of anilines is 1. The van der Waals surface area contributed by atoms with Gasteiger partial charge in [0.1, 0.15) is 5.82 Å². The molecule has 9 heteroatoms. The summed E-state index contributed by atoms with van der Waals surface area (Å²) in [6.45, 7) is 5.08. The van der Waals surface area contributed by atoms with Crippen LogP contribution in [0.1, 0.15) is 18.9 Å². The molecule has 0 saturated carbocycles. The van der Waals surface area contributed by atoms with Crippen LogP contribution >= 0.6 is 0 Å². The Bertz CT molecular complexity index is 735. The molecule has 3 rings (SSSR count). The molecule has 0 aliphatic carbocycles. The number of nitrogens with zero attached hydrogens (tertiary/aromatic N) is 3. The van der Waals surface area contributed by atoms with Crippen molar-refractivity contribution in [3.05, 3.63) is 23.9 Å². The highest BCUT2D eigenvalue weighted by Crippen LogP contribution is 2.15. The second-order valence-electron chi connectivity index (χ2n) is 6.82. The number of guanidine groups is 1. The summed E-state index contributed by atoms with van der Waals surface area (Å²) in [5.41, 5.74) is 1.04. The van der Waals surface area contributed by atoms with E-state index in [1.807, 2.05) is 18.3 Å². The van der Waals surface area contributed by atoms with Gasteiger partial charge in [-0.25, -0.2) is 13.4 Å². The van der Waals surface area contributed by atoms with E-state index in [9.17, 15) is 8.42 Å². The zero-order chi connectivity index (χ0) is 18.6. The van der Waals surface area contributed by atoms with Gasteiger partial charge in [-0.05, 0) is 25.0 Å². The van der Waals surface area contributed by atoms with E-state index in [-0.39, 0.29) is 23.7 Å². The largest absolute Gasteiger partial charge is 0.375 e. The molecule has 0 aromatic carbocycles. The van der Waals surface area contributed by atoms with Gasteiger partial charge in [-0.3, -0.25) is 4.99 Å². The van der Waals surface area contributed by atoms with E-state index in [0.717, 1.165) is 31.1 Å². The molecule has 2 atom stereocenters. The summed E-state index contributed by atoms with van der Waals surface area (Å²) < 4.78 is 28.7. The quantitative estimate of drug-likeness (QED) is 0.566. The molecule has 0 radical (unpaired) electrons. The fourth-order valence-corrected chi connectivity index (χ4v) is 4.89. The van der Waals surface area contributed by atoms with Crippen molar-refractivity contribution in [2.75, 3.05) is 43.1 Å². The van der Waals surface area contributed by atoms with Crippen molar-refractivity contribution in [3.8, 4) is 0 Å². The molecule has 2 saturated heterocycles. The minimum atomic E-state index is -2.90. The van der Waals surface area contributed by atoms with Gasteiger partial charge in [0, 0.05) is 38.9 Å². The van der Waals surface area contributed by atoms with Gasteiger partial charge in [0.25, 0.3) is 0 Å². The number of nitrogens with one attached hydrogen (secondary N) is 2. The zero-order valence-electron chi connectivity index (χ0n) is 15.3. The number of sulfone groups is 1. The van der Waals surface area contributed by atoms with Crippen LogP contribution < -0.4 is 15.5 Å². The second kappa shape index (κ2) is 8.22. The van der Waals surface area contributed by atoms with Crippen LogP contribution in [0, 0.1) is 0 Å². The summed E-state index contributed by atoms with van der Waals surface area (Å²) >= 11 is 0. The van der Waals surface area contributed by atoms with Gasteiger partial charge in [0.05, 0.1) is 24.2 Å². The van der Waals surface area contributed by atoms with Crippen LogP contribution in [-0.2, 0) is 21.1 Å². The summed E-state index contributed by atoms with van der Waals surface area (Å²) in [6.07, 6.45) is 2.70. The molecule has 1 aromatic heterocycles. The third-order valence-corrected chi connectivity index (χ3v) is 6.40. The first-order chi connectivity index (χ1) is 12.4. The summed E-state index contributed by atoms with van der Waals surface area (Å²) in [4.78, 5) is 11.0. The lowest BCUT2D eigenvalue weighted by Crippen LogP contribution is -2.43. The average Bonchev–Trinajstić information content (AvgIpc) is 2.97. The molecule has 2 aliphatic rings. The Hall–Kier alpha value is -1.87. The van der Waals surface area contributed by atoms with Crippen LogP contribution in [0.15, 0.2) is 23.3 Å². The Morgan fingerprint density at radius 2 is 2.31 bits per heavy atom. The summed E-state index contributed by atoms with van der Waals surface area (Å²) in [5.74, 6) is 1.98. The van der Waals surface area contributed by atoms with Crippen molar-refractivity contribution >= 4 is 21.6 Å². The summed E-state index contributed by atoms with van der Waals surface area (Å²) in [5, 5.41) is 6.39. The maximum atomic E-state index is 11.6. The molecule has 2 N–H and O–H groups in total. The molecule has 0 spiro atoms. The highest BCUT2D eigenvalue weighted by atomic mass is 32.2. The predicted molar refractivity (Wildman–Crippen MR) is 102 cm³/mol. The standard InChI is InChI=1S/C17H27N5O3S/c1-13-11-22(6-7-25-13)16-4-3-14(9-19-16)10-20-17(18-2)21-15-5-8-26(23,24)12-15/h3-4,9,13,15H,5-8,10-12H2,1-2H3,(H2,18,20,21). The predicted octanol–water partition coefficient (Wildman–Crippen LogP) is 0.159. The van der Waals surface area contributed by atoms with Crippen molar-refractivity contribution in [1.29, 1.82) is 0 Å². The maximum absolute atomic E-state index is 11.6. The molecule has 0 bridgehead atoms. The van der Waals surface area contributed by atoms with Gasteiger partial charge in [-0.1, -0.05) is 6.07 Å². The molecular formula is C17H27N5O3S. The summed E-state index contributed by atoms with van der Waals surface area (Å²) in [7, 11) is -1.22. The first-order valence-corrected chi connectivity index (χ1v) is 10.8. The van der Waals surface area contributed by atoms with Crippen molar-refractivity contribution in [2.24, 2.45) is 4.99 Å². The van der Waals surface area contributed by atoms with E-state index in [0.29, 0.717) is 18.9 Å². The molecule has 26 heavy (non-hydrogen) atoms. The van der Waals surface area contributed by atoms with Crippen LogP contribution in [0.25, 0.3) is 0 Å². The van der Waals surface area contributed by atoms with Crippen LogP contribution in [0.5, 0.6) is 0 Å². The first-order valence-electron chi connectivity index (χ1n) is 8.94. The van der Waals surface area contributed by atoms with Gasteiger partial charge < -0.3 is 20.3 Å². The smallest absolute Gasteiger partial charge is 0.191 e. The number of ether oxygens (including phenoxy) is 1. The lowest BCUT2D eigenvalue weighted by Gasteiger charge is -2.32. The van der Waals surface area contributed by atoms with Gasteiger partial charge in [-0.2, -0.15) is 0 Å². The average molecular weight is 382 g/mol. The Morgan fingerprint density at radius 1 is 1.46 bits per heavy atom. The number of pyridine rings is 1. The van der Waals surface area contributed by atoms with Gasteiger partial charge in [0.2, 0.25) is 0 Å². The van der Waals surface area contributed by atoms with E-state index in [1.54, 1.807) is 7.05 Å². The molecule has 144 valence electrons. The van der Waals surface area contributed by atoms with Crippen molar-refractivity contribution in [2.45, 2.75) is 32.0 Å². The van der Waals surface area contributed by atoms with E-state index >= 15 is 0 Å². The maximum Gasteiger partial charge on any atom is 0.191 e. The van der Waals surface area contributed by atoms with Crippen molar-refractivity contribution in [3.63, 3.8) is 0 Å².